The minimum Gasteiger partial charge on any atom is -0.493 e. The van der Waals surface area contributed by atoms with Gasteiger partial charge in [0, 0.05) is 23.2 Å². The fourth-order valence-corrected chi connectivity index (χ4v) is 2.24. The minimum atomic E-state index is -0.507. The van der Waals surface area contributed by atoms with Crippen molar-refractivity contribution in [1.29, 1.82) is 0 Å². The second-order valence-corrected chi connectivity index (χ2v) is 4.52. The third-order valence-corrected chi connectivity index (χ3v) is 3.13. The van der Waals surface area contributed by atoms with Crippen LogP contribution >= 0.6 is 0 Å². The summed E-state index contributed by atoms with van der Waals surface area (Å²) in [5.74, 6) is 0.0732. The summed E-state index contributed by atoms with van der Waals surface area (Å²) in [6.07, 6.45) is 0.793. The molecule has 1 aliphatic rings. The topological polar surface area (TPSA) is 52.3 Å². The molecule has 0 atom stereocenters. The average Bonchev–Trinajstić information content (AvgIpc) is 2.83. The van der Waals surface area contributed by atoms with E-state index in [9.17, 15) is 9.18 Å². The number of nitrogen functional groups attached to an aromatic ring is 1. The molecule has 3 nitrogen and oxygen atoms in total. The van der Waals surface area contributed by atoms with Gasteiger partial charge in [0.05, 0.1) is 6.61 Å². The van der Waals surface area contributed by atoms with E-state index < -0.39 is 5.82 Å². The maximum Gasteiger partial charge on any atom is 0.193 e. The van der Waals surface area contributed by atoms with Crippen molar-refractivity contribution < 1.29 is 13.9 Å². The van der Waals surface area contributed by atoms with Crippen molar-refractivity contribution in [3.8, 4) is 5.75 Å². The molecule has 0 bridgehead atoms. The van der Waals surface area contributed by atoms with Crippen LogP contribution in [-0.4, -0.2) is 12.4 Å². The normalized spacial score (nSPS) is 12.9. The number of carbonyl (C=O) groups is 1. The Labute approximate surface area is 109 Å². The number of hydrogen-bond acceptors (Lipinski definition) is 3. The number of nitrogens with two attached hydrogens (primary N) is 1. The van der Waals surface area contributed by atoms with Gasteiger partial charge in [0.25, 0.3) is 0 Å². The van der Waals surface area contributed by atoms with E-state index in [2.05, 4.69) is 0 Å². The molecule has 96 valence electrons. The number of ether oxygens (including phenoxy) is 1. The number of halogens is 1. The lowest BCUT2D eigenvalue weighted by Gasteiger charge is -2.05. The Morgan fingerprint density at radius 1 is 1.16 bits per heavy atom. The van der Waals surface area contributed by atoms with Gasteiger partial charge in [-0.3, -0.25) is 4.79 Å². The molecule has 3 rings (SSSR count). The summed E-state index contributed by atoms with van der Waals surface area (Å²) in [6, 6.07) is 9.13. The molecule has 2 aromatic carbocycles. The van der Waals surface area contributed by atoms with E-state index in [1.54, 1.807) is 18.2 Å². The van der Waals surface area contributed by atoms with Crippen LogP contribution in [0.25, 0.3) is 0 Å². The Balaban J connectivity index is 1.99. The van der Waals surface area contributed by atoms with Crippen LogP contribution in [0.4, 0.5) is 10.1 Å². The quantitative estimate of drug-likeness (QED) is 0.664. The largest absolute Gasteiger partial charge is 0.493 e. The molecule has 4 heteroatoms. The van der Waals surface area contributed by atoms with E-state index in [0.717, 1.165) is 17.7 Å². The Morgan fingerprint density at radius 3 is 2.79 bits per heavy atom. The zero-order valence-electron chi connectivity index (χ0n) is 10.2. The molecule has 0 radical (unpaired) electrons. The second-order valence-electron chi connectivity index (χ2n) is 4.52. The van der Waals surface area contributed by atoms with E-state index >= 15 is 0 Å². The van der Waals surface area contributed by atoms with Gasteiger partial charge in [-0.15, -0.1) is 0 Å². The molecule has 2 aromatic rings. The van der Waals surface area contributed by atoms with Crippen LogP contribution < -0.4 is 10.5 Å². The molecule has 0 aromatic heterocycles. The monoisotopic (exact) mass is 257 g/mol. The minimum absolute atomic E-state index is 0.235. The molecule has 1 heterocycles. The third-order valence-electron chi connectivity index (χ3n) is 3.13. The number of fused-ring (bicyclic) bond motifs is 1. The van der Waals surface area contributed by atoms with Gasteiger partial charge in [-0.05, 0) is 42.0 Å². The highest BCUT2D eigenvalue weighted by Crippen LogP contribution is 2.27. The first-order chi connectivity index (χ1) is 9.13. The van der Waals surface area contributed by atoms with Crippen LogP contribution in [0.15, 0.2) is 36.4 Å². The Morgan fingerprint density at radius 2 is 2.00 bits per heavy atom. The Hall–Kier alpha value is -2.36. The molecule has 0 spiro atoms. The summed E-state index contributed by atoms with van der Waals surface area (Å²) in [6.45, 7) is 0.639. The van der Waals surface area contributed by atoms with Gasteiger partial charge in [-0.25, -0.2) is 4.39 Å². The van der Waals surface area contributed by atoms with Gasteiger partial charge in [-0.2, -0.15) is 0 Å². The van der Waals surface area contributed by atoms with Crippen molar-refractivity contribution in [2.45, 2.75) is 6.42 Å². The van der Waals surface area contributed by atoms with Crippen molar-refractivity contribution in [2.24, 2.45) is 0 Å². The predicted octanol–water partition coefficient (Wildman–Crippen LogP) is 2.57. The van der Waals surface area contributed by atoms with Crippen molar-refractivity contribution >= 4 is 11.5 Å². The molecule has 0 amide bonds. The molecule has 0 saturated carbocycles. The van der Waals surface area contributed by atoms with Crippen LogP contribution in [0.3, 0.4) is 0 Å². The summed E-state index contributed by atoms with van der Waals surface area (Å²) < 4.78 is 18.7. The third kappa shape index (κ3) is 2.17. The molecule has 19 heavy (non-hydrogen) atoms. The van der Waals surface area contributed by atoms with Gasteiger partial charge in [0.2, 0.25) is 0 Å². The maximum atomic E-state index is 13.3. The number of anilines is 1. The molecule has 0 aliphatic carbocycles. The van der Waals surface area contributed by atoms with E-state index in [-0.39, 0.29) is 17.0 Å². The van der Waals surface area contributed by atoms with E-state index in [0.29, 0.717) is 12.2 Å². The summed E-state index contributed by atoms with van der Waals surface area (Å²) in [5, 5.41) is 0. The molecular weight excluding hydrogens is 245 g/mol. The second kappa shape index (κ2) is 4.39. The lowest BCUT2D eigenvalue weighted by molar-refractivity contribution is 0.103. The van der Waals surface area contributed by atoms with E-state index in [4.69, 9.17) is 10.5 Å². The van der Waals surface area contributed by atoms with Gasteiger partial charge >= 0.3 is 0 Å². The molecule has 2 N–H and O–H groups in total. The lowest BCUT2D eigenvalue weighted by Crippen LogP contribution is -2.03. The fourth-order valence-electron chi connectivity index (χ4n) is 2.24. The molecule has 1 aliphatic heterocycles. The standard InChI is InChI=1S/C15H12FNO2/c16-12-6-11(7-13(17)8-12)15(18)10-1-2-14-9(5-10)3-4-19-14/h1-2,5-8H,3-4,17H2. The van der Waals surface area contributed by atoms with Gasteiger partial charge in [0.15, 0.2) is 5.78 Å². The van der Waals surface area contributed by atoms with Crippen LogP contribution in [0.2, 0.25) is 0 Å². The molecule has 0 saturated heterocycles. The van der Waals surface area contributed by atoms with Crippen molar-refractivity contribution in [1.82, 2.24) is 0 Å². The summed E-state index contributed by atoms with van der Waals surface area (Å²) in [4.78, 5) is 12.3. The number of benzene rings is 2. The molecular formula is C15H12FNO2. The Kier molecular flexibility index (Phi) is 2.71. The summed E-state index contributed by atoms with van der Waals surface area (Å²) in [7, 11) is 0. The molecule has 0 fully saturated rings. The highest BCUT2D eigenvalue weighted by Gasteiger charge is 2.16. The van der Waals surface area contributed by atoms with Crippen LogP contribution in [-0.2, 0) is 6.42 Å². The van der Waals surface area contributed by atoms with Crippen molar-refractivity contribution in [3.05, 3.63) is 58.9 Å². The van der Waals surface area contributed by atoms with Crippen molar-refractivity contribution in [2.75, 3.05) is 12.3 Å². The maximum absolute atomic E-state index is 13.3. The van der Waals surface area contributed by atoms with E-state index in [1.165, 1.54) is 18.2 Å². The Bertz CT molecular complexity index is 647. The highest BCUT2D eigenvalue weighted by molar-refractivity contribution is 6.09. The first-order valence-corrected chi connectivity index (χ1v) is 6.00. The number of ketones is 1. The van der Waals surface area contributed by atoms with Crippen molar-refractivity contribution in [3.63, 3.8) is 0 Å². The van der Waals surface area contributed by atoms with E-state index in [1.807, 2.05) is 0 Å². The highest BCUT2D eigenvalue weighted by atomic mass is 19.1. The number of carbonyl (C=O) groups excluding carboxylic acids is 1. The van der Waals surface area contributed by atoms with Crippen LogP contribution in [0, 0.1) is 5.82 Å². The SMILES string of the molecule is Nc1cc(F)cc(C(=O)c2ccc3c(c2)CCO3)c1. The summed E-state index contributed by atoms with van der Waals surface area (Å²) >= 11 is 0. The number of rotatable bonds is 2. The van der Waals surface area contributed by atoms with Gasteiger partial charge in [-0.1, -0.05) is 0 Å². The average molecular weight is 257 g/mol. The zero-order valence-corrected chi connectivity index (χ0v) is 10.2. The lowest BCUT2D eigenvalue weighted by atomic mass is 10.00. The zero-order chi connectivity index (χ0) is 13.4. The fraction of sp³-hybridized carbons (Fsp3) is 0.133. The smallest absolute Gasteiger partial charge is 0.193 e. The van der Waals surface area contributed by atoms with Crippen LogP contribution in [0.1, 0.15) is 21.5 Å². The van der Waals surface area contributed by atoms with Gasteiger partial charge in [0.1, 0.15) is 11.6 Å². The first-order valence-electron chi connectivity index (χ1n) is 6.00. The summed E-state index contributed by atoms with van der Waals surface area (Å²) in [5.41, 5.74) is 7.59. The molecule has 0 unspecified atom stereocenters. The van der Waals surface area contributed by atoms with Crippen LogP contribution in [0.5, 0.6) is 5.75 Å². The first kappa shape index (κ1) is 11.7. The van der Waals surface area contributed by atoms with Gasteiger partial charge < -0.3 is 10.5 Å². The predicted molar refractivity (Wildman–Crippen MR) is 69.9 cm³/mol. The number of hydrogen-bond donors (Lipinski definition) is 1.